The van der Waals surface area contributed by atoms with Crippen molar-refractivity contribution in [3.05, 3.63) is 47.0 Å². The average molecular weight is 329 g/mol. The predicted octanol–water partition coefficient (Wildman–Crippen LogP) is 1.95. The van der Waals surface area contributed by atoms with Crippen molar-refractivity contribution in [2.75, 3.05) is 13.8 Å². The third kappa shape index (κ3) is 2.83. The third-order valence-corrected chi connectivity index (χ3v) is 4.89. The zero-order valence-corrected chi connectivity index (χ0v) is 13.5. The van der Waals surface area contributed by atoms with E-state index in [1.165, 1.54) is 9.60 Å². The van der Waals surface area contributed by atoms with Crippen molar-refractivity contribution in [1.29, 1.82) is 0 Å². The van der Waals surface area contributed by atoms with Crippen LogP contribution in [-0.2, 0) is 13.1 Å². The molecular formula is C17H17N2O3S+. The number of aromatic hydroxyl groups is 1. The molecule has 2 aromatic carbocycles. The van der Waals surface area contributed by atoms with Crippen LogP contribution in [0, 0.1) is 0 Å². The fraction of sp³-hybridized carbons (Fsp3) is 0.235. The summed E-state index contributed by atoms with van der Waals surface area (Å²) in [4.78, 5) is 5.91. The van der Waals surface area contributed by atoms with Gasteiger partial charge in [0.05, 0.1) is 22.8 Å². The van der Waals surface area contributed by atoms with Crippen molar-refractivity contribution in [3.63, 3.8) is 0 Å². The maximum absolute atomic E-state index is 10.1. The van der Waals surface area contributed by atoms with Crippen molar-refractivity contribution in [1.82, 2.24) is 4.98 Å². The Labute approximate surface area is 137 Å². The summed E-state index contributed by atoms with van der Waals surface area (Å²) in [5.74, 6) is 1.55. The lowest BCUT2D eigenvalue weighted by molar-refractivity contribution is -0.907. The van der Waals surface area contributed by atoms with Crippen LogP contribution in [0.2, 0.25) is 0 Å². The van der Waals surface area contributed by atoms with E-state index in [1.807, 2.05) is 24.3 Å². The Bertz CT molecular complexity index is 829. The molecule has 0 aliphatic carbocycles. The second kappa shape index (κ2) is 5.72. The number of thiazole rings is 1. The van der Waals surface area contributed by atoms with E-state index in [0.29, 0.717) is 18.0 Å². The van der Waals surface area contributed by atoms with E-state index in [4.69, 9.17) is 9.47 Å². The molecule has 0 bridgehead atoms. The van der Waals surface area contributed by atoms with Crippen molar-refractivity contribution < 1.29 is 19.5 Å². The van der Waals surface area contributed by atoms with Crippen molar-refractivity contribution in [2.24, 2.45) is 0 Å². The number of hydrogen-bond donors (Lipinski definition) is 2. The van der Waals surface area contributed by atoms with Gasteiger partial charge in [-0.25, -0.2) is 4.98 Å². The third-order valence-electron chi connectivity index (χ3n) is 3.86. The number of phenolic OH excluding ortho intramolecular Hbond substituents is 1. The van der Waals surface area contributed by atoms with Gasteiger partial charge >= 0.3 is 0 Å². The van der Waals surface area contributed by atoms with Gasteiger partial charge in [0, 0.05) is 6.07 Å². The van der Waals surface area contributed by atoms with Gasteiger partial charge < -0.3 is 19.5 Å². The number of phenols is 1. The molecule has 118 valence electrons. The summed E-state index contributed by atoms with van der Waals surface area (Å²) in [6.07, 6.45) is 0. The summed E-state index contributed by atoms with van der Waals surface area (Å²) in [6, 6.07) is 11.7. The first-order chi connectivity index (χ1) is 11.2. The molecule has 0 amide bonds. The van der Waals surface area contributed by atoms with Crippen LogP contribution in [0.25, 0.3) is 10.2 Å². The van der Waals surface area contributed by atoms with Crippen molar-refractivity contribution in [3.8, 4) is 17.2 Å². The highest BCUT2D eigenvalue weighted by atomic mass is 32.1. The van der Waals surface area contributed by atoms with Gasteiger partial charge in [-0.1, -0.05) is 12.1 Å². The van der Waals surface area contributed by atoms with E-state index >= 15 is 0 Å². The van der Waals surface area contributed by atoms with E-state index in [9.17, 15) is 5.11 Å². The van der Waals surface area contributed by atoms with Crippen LogP contribution in [0.1, 0.15) is 10.6 Å². The van der Waals surface area contributed by atoms with E-state index in [0.717, 1.165) is 22.6 Å². The molecule has 2 heterocycles. The lowest BCUT2D eigenvalue weighted by Gasteiger charge is -2.13. The Balaban J connectivity index is 1.50. The van der Waals surface area contributed by atoms with Crippen LogP contribution in [0.5, 0.6) is 17.2 Å². The number of quaternary nitrogens is 1. The van der Waals surface area contributed by atoms with Gasteiger partial charge in [0.1, 0.15) is 23.8 Å². The number of rotatable bonds is 4. The summed E-state index contributed by atoms with van der Waals surface area (Å²) in [5, 5.41) is 11.2. The molecule has 2 N–H and O–H groups in total. The van der Waals surface area contributed by atoms with Gasteiger partial charge in [-0.05, 0) is 18.2 Å². The highest BCUT2D eigenvalue weighted by Crippen LogP contribution is 2.37. The molecule has 0 radical (unpaired) electrons. The van der Waals surface area contributed by atoms with Gasteiger partial charge in [-0.15, -0.1) is 11.3 Å². The molecule has 5 nitrogen and oxygen atoms in total. The van der Waals surface area contributed by atoms with Gasteiger partial charge in [0.25, 0.3) is 0 Å². The Hall–Kier alpha value is -2.31. The summed E-state index contributed by atoms with van der Waals surface area (Å²) < 4.78 is 11.9. The Morgan fingerprint density at radius 2 is 1.96 bits per heavy atom. The van der Waals surface area contributed by atoms with Crippen LogP contribution < -0.4 is 14.4 Å². The SMILES string of the molecule is C[NH+](Cc1nc2ccccc2s1)Cc1cc2c(cc1O)OCO2. The topological polar surface area (TPSA) is 56.0 Å². The molecule has 23 heavy (non-hydrogen) atoms. The molecule has 1 aromatic heterocycles. The maximum Gasteiger partial charge on any atom is 0.231 e. The first kappa shape index (κ1) is 14.3. The number of nitrogens with one attached hydrogen (secondary N) is 1. The van der Waals surface area contributed by atoms with E-state index in [2.05, 4.69) is 18.1 Å². The van der Waals surface area contributed by atoms with Gasteiger partial charge in [-0.3, -0.25) is 0 Å². The molecule has 6 heteroatoms. The molecule has 3 aromatic rings. The molecule has 0 saturated heterocycles. The Morgan fingerprint density at radius 1 is 1.17 bits per heavy atom. The summed E-state index contributed by atoms with van der Waals surface area (Å²) in [6.45, 7) is 1.72. The van der Waals surface area contributed by atoms with Crippen molar-refractivity contribution in [2.45, 2.75) is 13.1 Å². The smallest absolute Gasteiger partial charge is 0.231 e. The number of hydrogen-bond acceptors (Lipinski definition) is 5. The molecule has 0 spiro atoms. The molecule has 1 aliphatic rings. The Morgan fingerprint density at radius 3 is 2.78 bits per heavy atom. The molecule has 4 rings (SSSR count). The molecule has 0 fully saturated rings. The van der Waals surface area contributed by atoms with E-state index < -0.39 is 0 Å². The van der Waals surface area contributed by atoms with Gasteiger partial charge in [-0.2, -0.15) is 0 Å². The van der Waals surface area contributed by atoms with Crippen molar-refractivity contribution >= 4 is 21.6 Å². The van der Waals surface area contributed by atoms with E-state index in [1.54, 1.807) is 17.4 Å². The Kier molecular flexibility index (Phi) is 3.55. The van der Waals surface area contributed by atoms with E-state index in [-0.39, 0.29) is 12.5 Å². The summed E-state index contributed by atoms with van der Waals surface area (Å²) in [7, 11) is 2.09. The van der Waals surface area contributed by atoms with Crippen LogP contribution in [-0.4, -0.2) is 23.9 Å². The highest BCUT2D eigenvalue weighted by Gasteiger charge is 2.19. The van der Waals surface area contributed by atoms with Crippen LogP contribution in [0.3, 0.4) is 0 Å². The first-order valence-corrected chi connectivity index (χ1v) is 8.28. The lowest BCUT2D eigenvalue weighted by Crippen LogP contribution is -3.06. The zero-order valence-electron chi connectivity index (χ0n) is 12.7. The average Bonchev–Trinajstić information content (AvgIpc) is 3.12. The van der Waals surface area contributed by atoms with Crippen LogP contribution >= 0.6 is 11.3 Å². The minimum absolute atomic E-state index is 0.215. The van der Waals surface area contributed by atoms with Gasteiger partial charge in [0.15, 0.2) is 11.5 Å². The number of fused-ring (bicyclic) bond motifs is 2. The fourth-order valence-corrected chi connectivity index (χ4v) is 3.84. The van der Waals surface area contributed by atoms with Crippen LogP contribution in [0.4, 0.5) is 0 Å². The van der Waals surface area contributed by atoms with Crippen LogP contribution in [0.15, 0.2) is 36.4 Å². The molecule has 1 atom stereocenters. The largest absolute Gasteiger partial charge is 0.507 e. The molecule has 1 unspecified atom stereocenters. The molecular weight excluding hydrogens is 312 g/mol. The molecule has 0 saturated carbocycles. The lowest BCUT2D eigenvalue weighted by atomic mass is 10.1. The maximum atomic E-state index is 10.1. The van der Waals surface area contributed by atoms with Gasteiger partial charge in [0.2, 0.25) is 6.79 Å². The normalized spacial score (nSPS) is 14.3. The highest BCUT2D eigenvalue weighted by molar-refractivity contribution is 7.18. The minimum atomic E-state index is 0.215. The molecule has 1 aliphatic heterocycles. The standard InChI is InChI=1S/C17H16N2O3S/c1-19(9-17-18-12-4-2-3-5-16(12)23-17)8-11-6-14-15(7-13(11)20)22-10-21-14/h2-7,20H,8-10H2,1H3/p+1. The predicted molar refractivity (Wildman–Crippen MR) is 88.1 cm³/mol. The number of para-hydroxylation sites is 1. The summed E-state index contributed by atoms with van der Waals surface area (Å²) >= 11 is 1.72. The number of aromatic nitrogens is 1. The second-order valence-corrected chi connectivity index (χ2v) is 6.84. The minimum Gasteiger partial charge on any atom is -0.507 e. The fourth-order valence-electron chi connectivity index (χ4n) is 2.76. The first-order valence-electron chi connectivity index (χ1n) is 7.46. The monoisotopic (exact) mass is 329 g/mol. The zero-order chi connectivity index (χ0) is 15.8. The number of ether oxygens (including phenoxy) is 2. The second-order valence-electron chi connectivity index (χ2n) is 5.72. The summed E-state index contributed by atoms with van der Waals surface area (Å²) in [5.41, 5.74) is 1.90. The quantitative estimate of drug-likeness (QED) is 0.768. The number of nitrogens with zero attached hydrogens (tertiary/aromatic N) is 1. The number of benzene rings is 2.